The minimum absolute atomic E-state index is 0.0446. The number of aryl methyl sites for hydroxylation is 1. The maximum absolute atomic E-state index is 13.0. The molecule has 0 aromatic heterocycles. The maximum atomic E-state index is 13.0. The van der Waals surface area contributed by atoms with Crippen LogP contribution in [0.4, 0.5) is 4.39 Å². The van der Waals surface area contributed by atoms with Crippen molar-refractivity contribution in [1.29, 1.82) is 0 Å². The molecule has 2 N–H and O–H groups in total. The molecule has 110 valence electrons. The van der Waals surface area contributed by atoms with Gasteiger partial charge in [0.15, 0.2) is 5.54 Å². The first kappa shape index (κ1) is 14.8. The number of nitrogens with two attached hydrogens (primary N) is 1. The van der Waals surface area contributed by atoms with Crippen molar-refractivity contribution < 1.29 is 18.7 Å². The fourth-order valence-electron chi connectivity index (χ4n) is 2.18. The number of ether oxygens (including phenoxy) is 2. The molecule has 1 saturated carbocycles. The molecular formula is C15H20FNO3. The van der Waals surface area contributed by atoms with Gasteiger partial charge in [-0.2, -0.15) is 0 Å². The van der Waals surface area contributed by atoms with Crippen LogP contribution in [0.3, 0.4) is 0 Å². The zero-order valence-electron chi connectivity index (χ0n) is 11.8. The van der Waals surface area contributed by atoms with E-state index in [2.05, 4.69) is 0 Å². The largest absolute Gasteiger partial charge is 0.491 e. The summed E-state index contributed by atoms with van der Waals surface area (Å²) in [5, 5.41) is 0. The van der Waals surface area contributed by atoms with Gasteiger partial charge in [-0.05, 0) is 56.4 Å². The second kappa shape index (κ2) is 5.79. The summed E-state index contributed by atoms with van der Waals surface area (Å²) in [7, 11) is 0. The molecule has 0 bridgehead atoms. The van der Waals surface area contributed by atoms with Gasteiger partial charge in [0.1, 0.15) is 18.2 Å². The number of hydrogen-bond donors (Lipinski definition) is 1. The van der Waals surface area contributed by atoms with E-state index in [0.29, 0.717) is 17.9 Å². The zero-order valence-corrected chi connectivity index (χ0v) is 11.8. The van der Waals surface area contributed by atoms with Gasteiger partial charge in [-0.25, -0.2) is 9.18 Å². The fraction of sp³-hybridized carbons (Fsp3) is 0.533. The van der Waals surface area contributed by atoms with Gasteiger partial charge in [-0.3, -0.25) is 0 Å². The van der Waals surface area contributed by atoms with Gasteiger partial charge in [0, 0.05) is 0 Å². The molecule has 2 rings (SSSR count). The van der Waals surface area contributed by atoms with Crippen molar-refractivity contribution in [3.05, 3.63) is 29.6 Å². The minimum Gasteiger partial charge on any atom is -0.491 e. The molecule has 1 aliphatic rings. The van der Waals surface area contributed by atoms with Gasteiger partial charge in [0.2, 0.25) is 0 Å². The van der Waals surface area contributed by atoms with Gasteiger partial charge in [0.05, 0.1) is 6.61 Å². The first-order valence-electron chi connectivity index (χ1n) is 6.82. The molecule has 20 heavy (non-hydrogen) atoms. The number of esters is 1. The quantitative estimate of drug-likeness (QED) is 0.812. The topological polar surface area (TPSA) is 61.5 Å². The Balaban J connectivity index is 2.07. The van der Waals surface area contributed by atoms with Crippen molar-refractivity contribution in [3.8, 4) is 5.75 Å². The molecule has 0 amide bonds. The molecule has 1 atom stereocenters. The smallest absolute Gasteiger partial charge is 0.329 e. The van der Waals surface area contributed by atoms with Crippen molar-refractivity contribution >= 4 is 5.97 Å². The SMILES string of the molecule is CCOC(=O)C(N)(COc1ccc(F)cc1C)C1CC1. The molecule has 1 aromatic carbocycles. The van der Waals surface area contributed by atoms with E-state index in [1.165, 1.54) is 12.1 Å². The lowest BCUT2D eigenvalue weighted by molar-refractivity contribution is -0.152. The highest BCUT2D eigenvalue weighted by molar-refractivity contribution is 5.81. The first-order valence-corrected chi connectivity index (χ1v) is 6.82. The van der Waals surface area contributed by atoms with Gasteiger partial charge < -0.3 is 15.2 Å². The predicted octanol–water partition coefficient (Wildman–Crippen LogP) is 2.18. The highest BCUT2D eigenvalue weighted by Crippen LogP contribution is 2.39. The van der Waals surface area contributed by atoms with Crippen LogP contribution < -0.4 is 10.5 Å². The van der Waals surface area contributed by atoms with Gasteiger partial charge in [-0.1, -0.05) is 0 Å². The molecule has 0 aliphatic heterocycles. The average Bonchev–Trinajstić information content (AvgIpc) is 3.22. The molecule has 1 fully saturated rings. The van der Waals surface area contributed by atoms with Crippen LogP contribution in [0.25, 0.3) is 0 Å². The minimum atomic E-state index is -1.11. The summed E-state index contributed by atoms with van der Waals surface area (Å²) in [6, 6.07) is 4.25. The Kier molecular flexibility index (Phi) is 4.28. The molecular weight excluding hydrogens is 261 g/mol. The first-order chi connectivity index (χ1) is 9.47. The molecule has 5 heteroatoms. The van der Waals surface area contributed by atoms with Crippen molar-refractivity contribution in [1.82, 2.24) is 0 Å². The van der Waals surface area contributed by atoms with Crippen molar-refractivity contribution in [2.24, 2.45) is 11.7 Å². The van der Waals surface area contributed by atoms with E-state index in [9.17, 15) is 9.18 Å². The highest BCUT2D eigenvalue weighted by Gasteiger charge is 2.50. The van der Waals surface area contributed by atoms with Crippen molar-refractivity contribution in [2.75, 3.05) is 13.2 Å². The van der Waals surface area contributed by atoms with E-state index in [0.717, 1.165) is 12.8 Å². The van der Waals surface area contributed by atoms with Gasteiger partial charge in [-0.15, -0.1) is 0 Å². The van der Waals surface area contributed by atoms with Crippen LogP contribution in [-0.4, -0.2) is 24.7 Å². The number of rotatable bonds is 6. The Morgan fingerprint density at radius 3 is 2.75 bits per heavy atom. The lowest BCUT2D eigenvalue weighted by Gasteiger charge is -2.27. The second-order valence-electron chi connectivity index (χ2n) is 5.23. The van der Waals surface area contributed by atoms with Crippen LogP contribution in [0.15, 0.2) is 18.2 Å². The monoisotopic (exact) mass is 281 g/mol. The Hall–Kier alpha value is -1.62. The number of carbonyl (C=O) groups excluding carboxylic acids is 1. The molecule has 1 aromatic rings. The summed E-state index contributed by atoms with van der Waals surface area (Å²) >= 11 is 0. The fourth-order valence-corrected chi connectivity index (χ4v) is 2.18. The summed E-state index contributed by atoms with van der Waals surface area (Å²) in [6.07, 6.45) is 1.81. The summed E-state index contributed by atoms with van der Waals surface area (Å²) in [5.41, 5.74) is 5.75. The van der Waals surface area contributed by atoms with E-state index in [1.807, 2.05) is 0 Å². The molecule has 4 nitrogen and oxygen atoms in total. The molecule has 1 aliphatic carbocycles. The predicted molar refractivity (Wildman–Crippen MR) is 72.9 cm³/mol. The van der Waals surface area contributed by atoms with Crippen molar-refractivity contribution in [2.45, 2.75) is 32.2 Å². The van der Waals surface area contributed by atoms with E-state index >= 15 is 0 Å². The lowest BCUT2D eigenvalue weighted by atomic mass is 9.96. The van der Waals surface area contributed by atoms with Gasteiger partial charge in [0.25, 0.3) is 0 Å². The van der Waals surface area contributed by atoms with Crippen LogP contribution in [0, 0.1) is 18.7 Å². The molecule has 0 radical (unpaired) electrons. The van der Waals surface area contributed by atoms with E-state index < -0.39 is 11.5 Å². The third-order valence-corrected chi connectivity index (χ3v) is 3.56. The van der Waals surface area contributed by atoms with Crippen LogP contribution in [0.5, 0.6) is 5.75 Å². The van der Waals surface area contributed by atoms with E-state index in [-0.39, 0.29) is 18.3 Å². The molecule has 0 spiro atoms. The van der Waals surface area contributed by atoms with E-state index in [1.54, 1.807) is 19.9 Å². The number of halogens is 1. The summed E-state index contributed by atoms with van der Waals surface area (Å²) in [6.45, 7) is 3.83. The Morgan fingerprint density at radius 2 is 2.20 bits per heavy atom. The normalized spacial score (nSPS) is 17.4. The van der Waals surface area contributed by atoms with Crippen LogP contribution in [-0.2, 0) is 9.53 Å². The molecule has 0 saturated heterocycles. The molecule has 0 heterocycles. The second-order valence-corrected chi connectivity index (χ2v) is 5.23. The van der Waals surface area contributed by atoms with Gasteiger partial charge >= 0.3 is 5.97 Å². The van der Waals surface area contributed by atoms with E-state index in [4.69, 9.17) is 15.2 Å². The Labute approximate surface area is 118 Å². The number of benzene rings is 1. The number of carbonyl (C=O) groups is 1. The standard InChI is InChI=1S/C15H20FNO3/c1-3-19-14(18)15(17,11-4-5-11)9-20-13-7-6-12(16)8-10(13)2/h6-8,11H,3-5,9,17H2,1-2H3. The third kappa shape index (κ3) is 3.10. The molecule has 1 unspecified atom stereocenters. The average molecular weight is 281 g/mol. The Bertz CT molecular complexity index is 502. The Morgan fingerprint density at radius 1 is 1.50 bits per heavy atom. The lowest BCUT2D eigenvalue weighted by Crippen LogP contribution is -2.55. The third-order valence-electron chi connectivity index (χ3n) is 3.56. The van der Waals surface area contributed by atoms with Crippen molar-refractivity contribution in [3.63, 3.8) is 0 Å². The van der Waals surface area contributed by atoms with Crippen LogP contribution in [0.1, 0.15) is 25.3 Å². The highest BCUT2D eigenvalue weighted by atomic mass is 19.1. The summed E-state index contributed by atoms with van der Waals surface area (Å²) in [5.74, 6) is -0.114. The maximum Gasteiger partial charge on any atom is 0.329 e. The number of hydrogen-bond acceptors (Lipinski definition) is 4. The van der Waals surface area contributed by atoms with Crippen LogP contribution >= 0.6 is 0 Å². The summed E-state index contributed by atoms with van der Waals surface area (Å²) < 4.78 is 23.7. The zero-order chi connectivity index (χ0) is 14.8. The summed E-state index contributed by atoms with van der Waals surface area (Å²) in [4.78, 5) is 12.0. The van der Waals surface area contributed by atoms with Crippen LogP contribution in [0.2, 0.25) is 0 Å².